The molecule has 0 amide bonds. The van der Waals surface area contributed by atoms with Gasteiger partial charge in [-0.15, -0.1) is 0 Å². The fourth-order valence-electron chi connectivity index (χ4n) is 3.14. The number of ether oxygens (including phenoxy) is 1. The largest absolute Gasteiger partial charge is 0.497 e. The number of hydrogen-bond donors (Lipinski definition) is 1. The highest BCUT2D eigenvalue weighted by molar-refractivity contribution is 6.38. The van der Waals surface area contributed by atoms with E-state index in [1.54, 1.807) is 25.5 Å². The molecule has 1 aliphatic heterocycles. The van der Waals surface area contributed by atoms with Gasteiger partial charge in [-0.1, -0.05) is 35.3 Å². The third-order valence-corrected chi connectivity index (χ3v) is 5.14. The van der Waals surface area contributed by atoms with E-state index in [-0.39, 0.29) is 0 Å². The number of rotatable bonds is 5. The zero-order chi connectivity index (χ0) is 20.4. The number of aromatic nitrogens is 2. The van der Waals surface area contributed by atoms with Crippen molar-refractivity contribution in [2.45, 2.75) is 0 Å². The Kier molecular flexibility index (Phi) is 5.58. The average Bonchev–Trinajstić information content (AvgIpc) is 2.73. The highest BCUT2D eigenvalue weighted by atomic mass is 35.5. The van der Waals surface area contributed by atoms with Crippen molar-refractivity contribution in [3.05, 3.63) is 69.8 Å². The minimum absolute atomic E-state index is 0.447. The zero-order valence-corrected chi connectivity index (χ0v) is 17.3. The number of hydrogen-bond acceptors (Lipinski definition) is 6. The minimum Gasteiger partial charge on any atom is -0.497 e. The molecule has 0 aliphatic carbocycles. The van der Waals surface area contributed by atoms with Crippen LogP contribution < -0.4 is 15.1 Å². The van der Waals surface area contributed by atoms with Crippen molar-refractivity contribution >= 4 is 52.3 Å². The monoisotopic (exact) mass is 428 g/mol. The van der Waals surface area contributed by atoms with Crippen molar-refractivity contribution in [2.75, 3.05) is 31.1 Å². The number of halogens is 2. The number of hydroxylamine groups is 1. The second kappa shape index (κ2) is 8.29. The van der Waals surface area contributed by atoms with Gasteiger partial charge in [0.1, 0.15) is 5.75 Å². The Morgan fingerprint density at radius 3 is 2.55 bits per heavy atom. The summed E-state index contributed by atoms with van der Waals surface area (Å²) >= 11 is 12.8. The lowest BCUT2D eigenvalue weighted by molar-refractivity contribution is 0.173. The van der Waals surface area contributed by atoms with E-state index in [9.17, 15) is 0 Å². The third kappa shape index (κ3) is 4.00. The van der Waals surface area contributed by atoms with Crippen molar-refractivity contribution < 1.29 is 9.57 Å². The van der Waals surface area contributed by atoms with Crippen molar-refractivity contribution in [2.24, 2.45) is 0 Å². The van der Waals surface area contributed by atoms with Gasteiger partial charge in [0, 0.05) is 39.1 Å². The quantitative estimate of drug-likeness (QED) is 0.582. The Morgan fingerprint density at radius 1 is 1.07 bits per heavy atom. The third-order valence-electron chi connectivity index (χ3n) is 4.51. The zero-order valence-electron chi connectivity index (χ0n) is 15.8. The average molecular weight is 429 g/mol. The van der Waals surface area contributed by atoms with Crippen LogP contribution in [0.2, 0.25) is 10.0 Å². The second-order valence-corrected chi connectivity index (χ2v) is 7.13. The summed E-state index contributed by atoms with van der Waals surface area (Å²) in [6.07, 6.45) is 3.72. The van der Waals surface area contributed by atoms with Gasteiger partial charge in [0.2, 0.25) is 5.95 Å². The highest BCUT2D eigenvalue weighted by Gasteiger charge is 2.24. The van der Waals surface area contributed by atoms with E-state index in [0.717, 1.165) is 28.1 Å². The van der Waals surface area contributed by atoms with Crippen LogP contribution in [0.1, 0.15) is 11.1 Å². The molecule has 2 heterocycles. The van der Waals surface area contributed by atoms with Crippen LogP contribution in [-0.4, -0.2) is 30.7 Å². The lowest BCUT2D eigenvalue weighted by atomic mass is 10.0. The van der Waals surface area contributed by atoms with Crippen LogP contribution in [0.3, 0.4) is 0 Å². The van der Waals surface area contributed by atoms with E-state index >= 15 is 0 Å². The molecule has 8 heteroatoms. The minimum atomic E-state index is 0.447. The van der Waals surface area contributed by atoms with Gasteiger partial charge in [-0.05, 0) is 35.9 Å². The molecule has 6 nitrogen and oxygen atoms in total. The first-order valence-corrected chi connectivity index (χ1v) is 9.59. The van der Waals surface area contributed by atoms with E-state index < -0.39 is 0 Å². The number of benzene rings is 2. The summed E-state index contributed by atoms with van der Waals surface area (Å²) in [5.74, 6) is 1.85. The number of methoxy groups -OCH3 is 1. The summed E-state index contributed by atoms with van der Waals surface area (Å²) in [4.78, 5) is 14.6. The van der Waals surface area contributed by atoms with Crippen molar-refractivity contribution in [3.63, 3.8) is 0 Å². The smallest absolute Gasteiger partial charge is 0.229 e. The molecule has 1 N–H and O–H groups in total. The topological polar surface area (TPSA) is 59.5 Å². The van der Waals surface area contributed by atoms with Crippen LogP contribution in [0.4, 0.5) is 17.5 Å². The Bertz CT molecular complexity index is 1070. The molecule has 29 heavy (non-hydrogen) atoms. The SMILES string of the molecule is COc1cccc(Nc2ncc3c(n2)N(OC)CC(c2c(Cl)cccc2Cl)=C3)c1. The van der Waals surface area contributed by atoms with Gasteiger partial charge < -0.3 is 10.1 Å². The van der Waals surface area contributed by atoms with E-state index in [4.69, 9.17) is 32.8 Å². The lowest BCUT2D eigenvalue weighted by Gasteiger charge is -2.28. The van der Waals surface area contributed by atoms with Gasteiger partial charge in [-0.25, -0.2) is 10.0 Å². The van der Waals surface area contributed by atoms with Gasteiger partial charge in [-0.2, -0.15) is 4.98 Å². The van der Waals surface area contributed by atoms with Crippen LogP contribution in [0.25, 0.3) is 11.6 Å². The molecule has 2 aromatic carbocycles. The summed E-state index contributed by atoms with van der Waals surface area (Å²) in [5.41, 5.74) is 3.33. The van der Waals surface area contributed by atoms with Crippen LogP contribution in [-0.2, 0) is 4.84 Å². The summed E-state index contributed by atoms with van der Waals surface area (Å²) in [6.45, 7) is 0.447. The number of nitrogens with zero attached hydrogens (tertiary/aromatic N) is 3. The van der Waals surface area contributed by atoms with Crippen molar-refractivity contribution in [3.8, 4) is 5.75 Å². The van der Waals surface area contributed by atoms with Crippen molar-refractivity contribution in [1.29, 1.82) is 0 Å². The van der Waals surface area contributed by atoms with Crippen LogP contribution in [0.5, 0.6) is 5.75 Å². The molecule has 0 atom stereocenters. The van der Waals surface area contributed by atoms with Gasteiger partial charge in [0.25, 0.3) is 0 Å². The summed E-state index contributed by atoms with van der Waals surface area (Å²) in [7, 11) is 3.22. The number of fused-ring (bicyclic) bond motifs is 1. The summed E-state index contributed by atoms with van der Waals surface area (Å²) in [6, 6.07) is 13.0. The fourth-order valence-corrected chi connectivity index (χ4v) is 3.78. The molecular weight excluding hydrogens is 411 g/mol. The van der Waals surface area contributed by atoms with Gasteiger partial charge in [-0.3, -0.25) is 4.84 Å². The van der Waals surface area contributed by atoms with E-state index in [1.807, 2.05) is 48.5 Å². The molecule has 0 fully saturated rings. The highest BCUT2D eigenvalue weighted by Crippen LogP contribution is 2.37. The molecule has 0 unspecified atom stereocenters. The van der Waals surface area contributed by atoms with Gasteiger partial charge >= 0.3 is 0 Å². The number of nitrogens with one attached hydrogen (secondary N) is 1. The van der Waals surface area contributed by atoms with Crippen LogP contribution >= 0.6 is 23.2 Å². The Hall–Kier alpha value is -2.80. The molecular formula is C21H18Cl2N4O2. The lowest BCUT2D eigenvalue weighted by Crippen LogP contribution is -2.28. The first-order valence-electron chi connectivity index (χ1n) is 8.83. The Labute approximate surface area is 178 Å². The first-order chi connectivity index (χ1) is 14.1. The molecule has 0 saturated heterocycles. The van der Waals surface area contributed by atoms with Crippen LogP contribution in [0, 0.1) is 0 Å². The van der Waals surface area contributed by atoms with E-state index in [1.165, 1.54) is 0 Å². The first kappa shape index (κ1) is 19.5. The molecule has 0 spiro atoms. The van der Waals surface area contributed by atoms with E-state index in [0.29, 0.717) is 28.4 Å². The second-order valence-electron chi connectivity index (χ2n) is 6.31. The maximum Gasteiger partial charge on any atom is 0.229 e. The van der Waals surface area contributed by atoms with Crippen LogP contribution in [0.15, 0.2) is 48.7 Å². The maximum atomic E-state index is 6.38. The standard InChI is InChI=1S/C21H18Cl2N4O2/c1-28-16-6-3-5-15(10-16)25-21-24-11-13-9-14(12-27(29-2)20(13)26-21)19-17(22)7-4-8-18(19)23/h3-11H,12H2,1-2H3,(H,24,25,26). The van der Waals surface area contributed by atoms with Gasteiger partial charge in [0.15, 0.2) is 5.82 Å². The molecule has 1 aromatic heterocycles. The normalized spacial score (nSPS) is 13.0. The molecule has 4 rings (SSSR count). The van der Waals surface area contributed by atoms with Gasteiger partial charge in [0.05, 0.1) is 20.8 Å². The number of anilines is 3. The molecule has 3 aromatic rings. The van der Waals surface area contributed by atoms with Crippen molar-refractivity contribution in [1.82, 2.24) is 9.97 Å². The molecule has 0 saturated carbocycles. The molecule has 1 aliphatic rings. The predicted molar refractivity (Wildman–Crippen MR) is 117 cm³/mol. The Morgan fingerprint density at radius 2 is 1.83 bits per heavy atom. The molecule has 0 radical (unpaired) electrons. The molecule has 0 bridgehead atoms. The molecule has 148 valence electrons. The predicted octanol–water partition coefficient (Wildman–Crippen LogP) is 5.46. The summed E-state index contributed by atoms with van der Waals surface area (Å²) < 4.78 is 5.25. The fraction of sp³-hybridized carbons (Fsp3) is 0.143. The summed E-state index contributed by atoms with van der Waals surface area (Å²) in [5, 5.41) is 6.04. The maximum absolute atomic E-state index is 6.38. The van der Waals surface area contributed by atoms with E-state index in [2.05, 4.69) is 15.3 Å². The Balaban J connectivity index is 1.70.